The summed E-state index contributed by atoms with van der Waals surface area (Å²) < 4.78 is 38.7. The van der Waals surface area contributed by atoms with Gasteiger partial charge in [-0.1, -0.05) is 18.2 Å². The molecule has 0 bridgehead atoms. The summed E-state index contributed by atoms with van der Waals surface area (Å²) in [5, 5.41) is 10.3. The predicted octanol–water partition coefficient (Wildman–Crippen LogP) is 4.60. The van der Waals surface area contributed by atoms with Gasteiger partial charge in [-0.05, 0) is 36.4 Å². The number of aromatic nitrogens is 2. The van der Waals surface area contributed by atoms with E-state index in [9.17, 15) is 18.0 Å². The van der Waals surface area contributed by atoms with E-state index in [0.29, 0.717) is 5.69 Å². The lowest BCUT2D eigenvalue weighted by Gasteiger charge is -2.05. The standard InChI is InChI=1S/C16H11F3N4O/c17-16(18,19)11-6-8-12(9-7-11)21-22-14-10-20-23(15(14)24)13-4-2-1-3-5-13/h1-10,20H. The molecule has 0 saturated heterocycles. The summed E-state index contributed by atoms with van der Waals surface area (Å²) in [5.41, 5.74) is -0.265. The van der Waals surface area contributed by atoms with Crippen LogP contribution in [0.1, 0.15) is 5.56 Å². The molecule has 0 aliphatic rings. The molecular weight excluding hydrogens is 321 g/mol. The third-order valence-electron chi connectivity index (χ3n) is 3.23. The van der Waals surface area contributed by atoms with Crippen LogP contribution >= 0.6 is 0 Å². The van der Waals surface area contributed by atoms with Gasteiger partial charge in [0, 0.05) is 0 Å². The van der Waals surface area contributed by atoms with Crippen LogP contribution in [0.2, 0.25) is 0 Å². The Balaban J connectivity index is 1.83. The number of H-pyrrole nitrogens is 1. The number of hydrogen-bond donors (Lipinski definition) is 1. The van der Waals surface area contributed by atoms with E-state index >= 15 is 0 Å². The fourth-order valence-electron chi connectivity index (χ4n) is 2.03. The number of nitrogens with one attached hydrogen (secondary N) is 1. The number of halogens is 3. The Morgan fingerprint density at radius 2 is 1.58 bits per heavy atom. The van der Waals surface area contributed by atoms with Crippen LogP contribution in [0.3, 0.4) is 0 Å². The maximum Gasteiger partial charge on any atom is 0.416 e. The smallest absolute Gasteiger partial charge is 0.296 e. The number of azo groups is 1. The minimum absolute atomic E-state index is 0.0544. The molecule has 0 spiro atoms. The summed E-state index contributed by atoms with van der Waals surface area (Å²) in [7, 11) is 0. The SMILES string of the molecule is O=c1c(N=Nc2ccc(C(F)(F)F)cc2)c[nH]n1-c1ccccc1. The maximum absolute atomic E-state index is 12.5. The molecule has 5 nitrogen and oxygen atoms in total. The van der Waals surface area contributed by atoms with E-state index in [4.69, 9.17) is 0 Å². The third-order valence-corrected chi connectivity index (χ3v) is 3.23. The zero-order valence-corrected chi connectivity index (χ0v) is 12.2. The molecule has 1 N–H and O–H groups in total. The van der Waals surface area contributed by atoms with E-state index in [1.807, 2.05) is 6.07 Å². The van der Waals surface area contributed by atoms with Gasteiger partial charge in [0.15, 0.2) is 5.69 Å². The summed E-state index contributed by atoms with van der Waals surface area (Å²) in [4.78, 5) is 12.2. The molecule has 0 atom stereocenters. The van der Waals surface area contributed by atoms with Crippen LogP contribution in [0.15, 0.2) is 75.8 Å². The van der Waals surface area contributed by atoms with Crippen LogP contribution in [-0.2, 0) is 6.18 Å². The fraction of sp³-hybridized carbons (Fsp3) is 0.0625. The Morgan fingerprint density at radius 3 is 2.21 bits per heavy atom. The molecule has 0 aliphatic heterocycles. The highest BCUT2D eigenvalue weighted by molar-refractivity contribution is 5.41. The molecule has 1 heterocycles. The van der Waals surface area contributed by atoms with Gasteiger partial charge in [0.05, 0.1) is 23.1 Å². The second kappa shape index (κ2) is 6.15. The van der Waals surface area contributed by atoms with Gasteiger partial charge in [0.25, 0.3) is 5.56 Å². The number of rotatable bonds is 3. The van der Waals surface area contributed by atoms with Gasteiger partial charge in [0.2, 0.25) is 0 Å². The number of alkyl halides is 3. The Hall–Kier alpha value is -3.16. The molecule has 1 aromatic heterocycles. The van der Waals surface area contributed by atoms with Crippen molar-refractivity contribution in [2.45, 2.75) is 6.18 Å². The topological polar surface area (TPSA) is 62.5 Å². The molecule has 0 saturated carbocycles. The lowest BCUT2D eigenvalue weighted by Crippen LogP contribution is -2.13. The first-order valence-electron chi connectivity index (χ1n) is 6.90. The lowest BCUT2D eigenvalue weighted by molar-refractivity contribution is -0.137. The highest BCUT2D eigenvalue weighted by Gasteiger charge is 2.29. The van der Waals surface area contributed by atoms with Gasteiger partial charge in [-0.15, -0.1) is 5.11 Å². The van der Waals surface area contributed by atoms with Crippen LogP contribution < -0.4 is 5.56 Å². The minimum Gasteiger partial charge on any atom is -0.296 e. The van der Waals surface area contributed by atoms with E-state index in [2.05, 4.69) is 15.3 Å². The Bertz CT molecular complexity index is 909. The first-order chi connectivity index (χ1) is 11.4. The number of aromatic amines is 1. The lowest BCUT2D eigenvalue weighted by atomic mass is 10.2. The highest BCUT2D eigenvalue weighted by Crippen LogP contribution is 2.30. The molecule has 24 heavy (non-hydrogen) atoms. The summed E-state index contributed by atoms with van der Waals surface area (Å²) in [5.74, 6) is 0. The average molecular weight is 332 g/mol. The van der Waals surface area contributed by atoms with Crippen molar-refractivity contribution >= 4 is 11.4 Å². The number of hydrogen-bond acceptors (Lipinski definition) is 3. The molecule has 122 valence electrons. The summed E-state index contributed by atoms with van der Waals surface area (Å²) in [6, 6.07) is 13.1. The van der Waals surface area contributed by atoms with Gasteiger partial charge >= 0.3 is 6.18 Å². The molecule has 0 unspecified atom stereocenters. The monoisotopic (exact) mass is 332 g/mol. The van der Waals surface area contributed by atoms with E-state index in [1.165, 1.54) is 23.0 Å². The normalized spacial score (nSPS) is 12.0. The first kappa shape index (κ1) is 15.7. The fourth-order valence-corrected chi connectivity index (χ4v) is 2.03. The summed E-state index contributed by atoms with van der Waals surface area (Å²) in [6.07, 6.45) is -3.03. The van der Waals surface area contributed by atoms with Crippen LogP contribution in [0, 0.1) is 0 Å². The molecule has 0 fully saturated rings. The number of nitrogens with zero attached hydrogens (tertiary/aromatic N) is 3. The Labute approximate surface area is 134 Å². The van der Waals surface area contributed by atoms with Gasteiger partial charge < -0.3 is 0 Å². The van der Waals surface area contributed by atoms with Crippen molar-refractivity contribution in [2.24, 2.45) is 10.2 Å². The quantitative estimate of drug-likeness (QED) is 0.700. The van der Waals surface area contributed by atoms with Crippen molar-refractivity contribution in [3.8, 4) is 5.69 Å². The molecule has 3 rings (SSSR count). The third kappa shape index (κ3) is 3.27. The average Bonchev–Trinajstić information content (AvgIpc) is 2.94. The Kier molecular flexibility index (Phi) is 4.03. The molecular formula is C16H11F3N4O. The van der Waals surface area contributed by atoms with E-state index in [1.54, 1.807) is 24.3 Å². The van der Waals surface area contributed by atoms with Crippen LogP contribution in [-0.4, -0.2) is 9.78 Å². The van der Waals surface area contributed by atoms with Crippen molar-refractivity contribution in [2.75, 3.05) is 0 Å². The van der Waals surface area contributed by atoms with E-state index in [-0.39, 0.29) is 11.4 Å². The van der Waals surface area contributed by atoms with E-state index in [0.717, 1.165) is 12.1 Å². The van der Waals surface area contributed by atoms with Crippen LogP contribution in [0.25, 0.3) is 5.69 Å². The summed E-state index contributed by atoms with van der Waals surface area (Å²) >= 11 is 0. The highest BCUT2D eigenvalue weighted by atomic mass is 19.4. The molecule has 0 amide bonds. The second-order valence-electron chi connectivity index (χ2n) is 4.88. The van der Waals surface area contributed by atoms with Crippen molar-refractivity contribution in [1.29, 1.82) is 0 Å². The van der Waals surface area contributed by atoms with Crippen molar-refractivity contribution < 1.29 is 13.2 Å². The van der Waals surface area contributed by atoms with Crippen molar-refractivity contribution in [3.63, 3.8) is 0 Å². The van der Waals surface area contributed by atoms with Crippen LogP contribution in [0.5, 0.6) is 0 Å². The van der Waals surface area contributed by atoms with E-state index < -0.39 is 17.3 Å². The maximum atomic E-state index is 12.5. The second-order valence-corrected chi connectivity index (χ2v) is 4.88. The van der Waals surface area contributed by atoms with Gasteiger partial charge in [0.1, 0.15) is 0 Å². The number of benzene rings is 2. The predicted molar refractivity (Wildman–Crippen MR) is 82.0 cm³/mol. The number of para-hydroxylation sites is 1. The molecule has 0 radical (unpaired) electrons. The van der Waals surface area contributed by atoms with Crippen molar-refractivity contribution in [1.82, 2.24) is 9.78 Å². The first-order valence-corrected chi connectivity index (χ1v) is 6.90. The molecule has 8 heteroatoms. The minimum atomic E-state index is -4.40. The zero-order valence-electron chi connectivity index (χ0n) is 12.2. The van der Waals surface area contributed by atoms with Gasteiger partial charge in [-0.3, -0.25) is 9.89 Å². The Morgan fingerprint density at radius 1 is 0.917 bits per heavy atom. The van der Waals surface area contributed by atoms with Gasteiger partial charge in [-0.2, -0.15) is 18.3 Å². The molecule has 3 aromatic rings. The summed E-state index contributed by atoms with van der Waals surface area (Å²) in [6.45, 7) is 0. The largest absolute Gasteiger partial charge is 0.416 e. The molecule has 0 aliphatic carbocycles. The van der Waals surface area contributed by atoms with Gasteiger partial charge in [-0.25, -0.2) is 4.68 Å². The zero-order chi connectivity index (χ0) is 17.2. The van der Waals surface area contributed by atoms with Crippen molar-refractivity contribution in [3.05, 3.63) is 76.7 Å². The van der Waals surface area contributed by atoms with Crippen LogP contribution in [0.4, 0.5) is 24.5 Å². The molecule has 2 aromatic carbocycles.